The fourth-order valence-corrected chi connectivity index (χ4v) is 3.51. The molecule has 4 N–H and O–H groups in total. The van der Waals surface area contributed by atoms with Crippen molar-refractivity contribution < 1.29 is 20.1 Å². The fraction of sp³-hybridized carbons (Fsp3) is 0.667. The molecule has 4 atom stereocenters. The maximum atomic E-state index is 10.2. The van der Waals surface area contributed by atoms with Crippen LogP contribution in [0.2, 0.25) is 0 Å². The molecule has 0 amide bonds. The van der Waals surface area contributed by atoms with Crippen LogP contribution >= 0.6 is 0 Å². The number of hydrogen-bond donors (Lipinski definition) is 4. The lowest BCUT2D eigenvalue weighted by Gasteiger charge is -2.27. The molecular weight excluding hydrogens is 314 g/mol. The Morgan fingerprint density at radius 3 is 2.62 bits per heavy atom. The molecule has 2 aliphatic rings. The molecule has 9 nitrogen and oxygen atoms in total. The first kappa shape index (κ1) is 15.7. The van der Waals surface area contributed by atoms with Gasteiger partial charge in [0.1, 0.15) is 36.3 Å². The summed E-state index contributed by atoms with van der Waals surface area (Å²) in [6.45, 7) is 1.50. The Morgan fingerprint density at radius 1 is 1.12 bits per heavy atom. The standard InChI is InChI=1S/C15H21N5O4/c21-6-8-12(22)13(23)14(24-8)10-9-11(19-18-10)15(17-7-16-9)20-4-2-1-3-5-20/h7-8,12-14,21-23H,1-6H2,(H,18,19)/t8-,12-,13-,14+/m1/s1. The quantitative estimate of drug-likeness (QED) is 0.591. The van der Waals surface area contributed by atoms with E-state index in [1.54, 1.807) is 0 Å². The number of piperidine rings is 1. The molecule has 0 spiro atoms. The number of aromatic amines is 1. The highest BCUT2D eigenvalue weighted by Gasteiger charge is 2.44. The predicted octanol–water partition coefficient (Wildman–Crippen LogP) is -0.503. The van der Waals surface area contributed by atoms with Crippen LogP contribution in [-0.2, 0) is 4.74 Å². The van der Waals surface area contributed by atoms with Gasteiger partial charge in [0.05, 0.1) is 12.3 Å². The molecule has 4 heterocycles. The number of fused-ring (bicyclic) bond motifs is 1. The first-order valence-corrected chi connectivity index (χ1v) is 8.27. The SMILES string of the molecule is OC[C@H]1O[C@@H](c2[nH]nc3c(N4CCCCC4)ncnc23)[C@H](O)[C@@H]1O. The molecule has 0 radical (unpaired) electrons. The molecule has 4 rings (SSSR count). The molecule has 2 aromatic heterocycles. The second-order valence-corrected chi connectivity index (χ2v) is 6.34. The zero-order chi connectivity index (χ0) is 16.7. The molecule has 0 saturated carbocycles. The van der Waals surface area contributed by atoms with E-state index in [4.69, 9.17) is 4.74 Å². The zero-order valence-electron chi connectivity index (χ0n) is 13.2. The lowest BCUT2D eigenvalue weighted by Crippen LogP contribution is -2.32. The van der Waals surface area contributed by atoms with Gasteiger partial charge in [0, 0.05) is 13.1 Å². The minimum atomic E-state index is -1.15. The van der Waals surface area contributed by atoms with Crippen LogP contribution in [-0.4, -0.2) is 73.5 Å². The number of ether oxygens (including phenoxy) is 1. The van der Waals surface area contributed by atoms with E-state index in [0.717, 1.165) is 31.7 Å². The van der Waals surface area contributed by atoms with Gasteiger partial charge in [0.25, 0.3) is 0 Å². The van der Waals surface area contributed by atoms with Crippen molar-refractivity contribution in [3.8, 4) is 0 Å². The molecule has 2 saturated heterocycles. The van der Waals surface area contributed by atoms with Crippen LogP contribution in [0.3, 0.4) is 0 Å². The van der Waals surface area contributed by atoms with Crippen LogP contribution in [0.15, 0.2) is 6.33 Å². The van der Waals surface area contributed by atoms with Crippen molar-refractivity contribution in [1.82, 2.24) is 20.2 Å². The summed E-state index contributed by atoms with van der Waals surface area (Å²) in [5.41, 5.74) is 1.70. The van der Waals surface area contributed by atoms with Crippen LogP contribution in [0.1, 0.15) is 31.1 Å². The van der Waals surface area contributed by atoms with Crippen LogP contribution in [0.5, 0.6) is 0 Å². The molecule has 130 valence electrons. The van der Waals surface area contributed by atoms with Crippen molar-refractivity contribution in [2.24, 2.45) is 0 Å². The van der Waals surface area contributed by atoms with E-state index in [-0.39, 0.29) is 6.61 Å². The fourth-order valence-electron chi connectivity index (χ4n) is 3.51. The number of hydrogen-bond acceptors (Lipinski definition) is 8. The van der Waals surface area contributed by atoms with Crippen LogP contribution in [0.25, 0.3) is 11.0 Å². The summed E-state index contributed by atoms with van der Waals surface area (Å²) < 4.78 is 5.58. The zero-order valence-corrected chi connectivity index (χ0v) is 13.2. The van der Waals surface area contributed by atoms with Gasteiger partial charge in [-0.05, 0) is 19.3 Å². The van der Waals surface area contributed by atoms with E-state index in [1.807, 2.05) is 0 Å². The summed E-state index contributed by atoms with van der Waals surface area (Å²) in [6.07, 6.45) is 1.000. The second kappa shape index (κ2) is 6.25. The number of nitrogens with zero attached hydrogens (tertiary/aromatic N) is 4. The van der Waals surface area contributed by atoms with Crippen LogP contribution in [0.4, 0.5) is 5.82 Å². The summed E-state index contributed by atoms with van der Waals surface area (Å²) in [4.78, 5) is 10.8. The maximum Gasteiger partial charge on any atom is 0.160 e. The van der Waals surface area contributed by atoms with Crippen molar-refractivity contribution in [2.75, 3.05) is 24.6 Å². The van der Waals surface area contributed by atoms with Crippen molar-refractivity contribution in [3.05, 3.63) is 12.0 Å². The largest absolute Gasteiger partial charge is 0.394 e. The Hall–Kier alpha value is -1.81. The van der Waals surface area contributed by atoms with E-state index in [2.05, 4.69) is 25.1 Å². The minimum absolute atomic E-state index is 0.366. The van der Waals surface area contributed by atoms with Crippen molar-refractivity contribution in [2.45, 2.75) is 43.7 Å². The molecule has 0 bridgehead atoms. The van der Waals surface area contributed by atoms with Gasteiger partial charge < -0.3 is 25.0 Å². The Labute approximate surface area is 138 Å². The summed E-state index contributed by atoms with van der Waals surface area (Å²) in [6, 6.07) is 0. The number of aliphatic hydroxyl groups is 3. The highest BCUT2D eigenvalue weighted by Crippen LogP contribution is 2.36. The third-order valence-electron chi connectivity index (χ3n) is 4.83. The first-order valence-electron chi connectivity index (χ1n) is 8.27. The van der Waals surface area contributed by atoms with Crippen LogP contribution < -0.4 is 4.90 Å². The number of rotatable bonds is 3. The predicted molar refractivity (Wildman–Crippen MR) is 84.5 cm³/mol. The van der Waals surface area contributed by atoms with Gasteiger partial charge in [0.2, 0.25) is 0 Å². The van der Waals surface area contributed by atoms with Gasteiger partial charge in [-0.3, -0.25) is 5.10 Å². The van der Waals surface area contributed by atoms with Crippen molar-refractivity contribution in [1.29, 1.82) is 0 Å². The Bertz CT molecular complexity index is 717. The topological polar surface area (TPSA) is 128 Å². The summed E-state index contributed by atoms with van der Waals surface area (Å²) >= 11 is 0. The van der Waals surface area contributed by atoms with E-state index in [1.165, 1.54) is 12.7 Å². The molecular formula is C15H21N5O4. The Morgan fingerprint density at radius 2 is 1.92 bits per heavy atom. The molecule has 2 fully saturated rings. The van der Waals surface area contributed by atoms with Gasteiger partial charge in [-0.2, -0.15) is 5.10 Å². The lowest BCUT2D eigenvalue weighted by atomic mass is 10.1. The number of aromatic nitrogens is 4. The van der Waals surface area contributed by atoms with Crippen molar-refractivity contribution in [3.63, 3.8) is 0 Å². The van der Waals surface area contributed by atoms with E-state index in [9.17, 15) is 15.3 Å². The average Bonchev–Trinajstić information content (AvgIpc) is 3.17. The normalized spacial score (nSPS) is 31.0. The molecule has 2 aromatic rings. The van der Waals surface area contributed by atoms with Gasteiger partial charge in [-0.25, -0.2) is 9.97 Å². The lowest BCUT2D eigenvalue weighted by molar-refractivity contribution is -0.0236. The number of aliphatic hydroxyl groups excluding tert-OH is 3. The molecule has 24 heavy (non-hydrogen) atoms. The van der Waals surface area contributed by atoms with Gasteiger partial charge in [0.15, 0.2) is 11.3 Å². The molecule has 0 aliphatic carbocycles. The van der Waals surface area contributed by atoms with E-state index in [0.29, 0.717) is 16.7 Å². The number of anilines is 1. The minimum Gasteiger partial charge on any atom is -0.394 e. The monoisotopic (exact) mass is 335 g/mol. The molecule has 0 aromatic carbocycles. The van der Waals surface area contributed by atoms with Gasteiger partial charge >= 0.3 is 0 Å². The summed E-state index contributed by atoms with van der Waals surface area (Å²) in [7, 11) is 0. The van der Waals surface area contributed by atoms with E-state index >= 15 is 0 Å². The third kappa shape index (κ3) is 2.44. The van der Waals surface area contributed by atoms with Crippen LogP contribution in [0, 0.1) is 0 Å². The van der Waals surface area contributed by atoms with E-state index < -0.39 is 24.4 Å². The molecule has 2 aliphatic heterocycles. The number of nitrogens with one attached hydrogen (secondary N) is 1. The summed E-state index contributed by atoms with van der Waals surface area (Å²) in [5, 5.41) is 36.6. The highest BCUT2D eigenvalue weighted by atomic mass is 16.6. The molecule has 9 heteroatoms. The average molecular weight is 335 g/mol. The highest BCUT2D eigenvalue weighted by molar-refractivity contribution is 5.87. The van der Waals surface area contributed by atoms with Crippen molar-refractivity contribution >= 4 is 16.9 Å². The Balaban J connectivity index is 1.71. The van der Waals surface area contributed by atoms with Gasteiger partial charge in [-0.1, -0.05) is 0 Å². The smallest absolute Gasteiger partial charge is 0.160 e. The van der Waals surface area contributed by atoms with Gasteiger partial charge in [-0.15, -0.1) is 0 Å². The first-order chi connectivity index (χ1) is 11.7. The molecule has 0 unspecified atom stereocenters. The number of H-pyrrole nitrogens is 1. The third-order valence-corrected chi connectivity index (χ3v) is 4.83. The maximum absolute atomic E-state index is 10.2. The summed E-state index contributed by atoms with van der Waals surface area (Å²) in [5.74, 6) is 0.772. The Kier molecular flexibility index (Phi) is 4.09. The second-order valence-electron chi connectivity index (χ2n) is 6.34.